The Kier molecular flexibility index (Phi) is 3.88. The van der Waals surface area contributed by atoms with Gasteiger partial charge in [-0.1, -0.05) is 24.1 Å². The van der Waals surface area contributed by atoms with Crippen LogP contribution in [0.15, 0.2) is 36.4 Å². The summed E-state index contributed by atoms with van der Waals surface area (Å²) in [6.45, 7) is -0.339. The number of fused-ring (bicyclic) bond motifs is 1. The summed E-state index contributed by atoms with van der Waals surface area (Å²) in [5.74, 6) is 1.69. The molecule has 0 saturated carbocycles. The fourth-order valence-corrected chi connectivity index (χ4v) is 2.69. The van der Waals surface area contributed by atoms with Crippen molar-refractivity contribution in [3.63, 3.8) is 0 Å². The van der Waals surface area contributed by atoms with Crippen LogP contribution < -0.4 is 0 Å². The minimum atomic E-state index is -4.85. The molecular formula is C17H12F5NO. The van der Waals surface area contributed by atoms with Gasteiger partial charge in [-0.2, -0.15) is 13.2 Å². The van der Waals surface area contributed by atoms with Gasteiger partial charge >= 0.3 is 6.18 Å². The third kappa shape index (κ3) is 2.89. The Bertz CT molecular complexity index is 811. The summed E-state index contributed by atoms with van der Waals surface area (Å²) < 4.78 is 67.8. The van der Waals surface area contributed by atoms with E-state index in [0.717, 1.165) is 10.6 Å². The topological polar surface area (TPSA) is 25.2 Å². The maximum Gasteiger partial charge on any atom is 0.418 e. The molecule has 7 heteroatoms. The molecule has 2 nitrogen and oxygen atoms in total. The fourth-order valence-electron chi connectivity index (χ4n) is 2.69. The van der Waals surface area contributed by atoms with Crippen molar-refractivity contribution in [1.82, 2.24) is 4.57 Å². The largest absolute Gasteiger partial charge is 0.418 e. The van der Waals surface area contributed by atoms with Crippen molar-refractivity contribution in [1.29, 1.82) is 0 Å². The third-order valence-corrected chi connectivity index (χ3v) is 3.88. The molecule has 0 aliphatic carbocycles. The van der Waals surface area contributed by atoms with Crippen LogP contribution in [0.25, 0.3) is 0 Å². The number of aliphatic hydroxyl groups excluding tert-OH is 1. The normalized spacial score (nSPS) is 19.3. The lowest BCUT2D eigenvalue weighted by molar-refractivity contribution is -0.152. The van der Waals surface area contributed by atoms with Gasteiger partial charge in [-0.25, -0.2) is 8.78 Å². The fraction of sp³-hybridized carbons (Fsp3) is 0.294. The molecule has 1 unspecified atom stereocenters. The lowest BCUT2D eigenvalue weighted by Crippen LogP contribution is -2.36. The molecular weight excluding hydrogens is 329 g/mol. The summed E-state index contributed by atoms with van der Waals surface area (Å²) in [7, 11) is 0. The predicted molar refractivity (Wildman–Crippen MR) is 76.4 cm³/mol. The van der Waals surface area contributed by atoms with Crippen LogP contribution in [-0.2, 0) is 12.7 Å². The van der Waals surface area contributed by atoms with E-state index in [1.54, 1.807) is 30.3 Å². The Labute approximate surface area is 134 Å². The van der Waals surface area contributed by atoms with Crippen molar-refractivity contribution in [2.24, 2.45) is 0 Å². The predicted octanol–water partition coefficient (Wildman–Crippen LogP) is 3.98. The summed E-state index contributed by atoms with van der Waals surface area (Å²) in [5, 5.41) is 9.71. The number of hydrogen-bond acceptors (Lipinski definition) is 1. The van der Waals surface area contributed by atoms with Crippen LogP contribution >= 0.6 is 0 Å². The number of benzene rings is 1. The molecule has 1 N–H and O–H groups in total. The highest BCUT2D eigenvalue weighted by atomic mass is 19.4. The molecule has 1 aliphatic heterocycles. The van der Waals surface area contributed by atoms with Gasteiger partial charge in [0, 0.05) is 18.5 Å². The number of aromatic nitrogens is 1. The molecule has 0 radical (unpaired) electrons. The first-order chi connectivity index (χ1) is 11.2. The number of alkyl halides is 5. The lowest BCUT2D eigenvalue weighted by Gasteiger charge is -2.30. The zero-order valence-corrected chi connectivity index (χ0v) is 12.2. The zero-order valence-electron chi connectivity index (χ0n) is 12.2. The van der Waals surface area contributed by atoms with Gasteiger partial charge in [-0.15, -0.1) is 0 Å². The van der Waals surface area contributed by atoms with E-state index in [1.807, 2.05) is 0 Å². The van der Waals surface area contributed by atoms with Gasteiger partial charge in [0.15, 0.2) is 6.10 Å². The Morgan fingerprint density at radius 3 is 2.42 bits per heavy atom. The van der Waals surface area contributed by atoms with Crippen molar-refractivity contribution < 1.29 is 27.1 Å². The molecule has 0 spiro atoms. The molecule has 0 saturated heterocycles. The van der Waals surface area contributed by atoms with Crippen molar-refractivity contribution in [2.45, 2.75) is 31.2 Å². The van der Waals surface area contributed by atoms with E-state index in [1.165, 1.54) is 0 Å². The summed E-state index contributed by atoms with van der Waals surface area (Å²) in [5.41, 5.74) is -1.55. The van der Waals surface area contributed by atoms with Gasteiger partial charge in [0.25, 0.3) is 5.92 Å². The third-order valence-electron chi connectivity index (χ3n) is 3.88. The van der Waals surface area contributed by atoms with Crippen molar-refractivity contribution in [3.05, 3.63) is 58.9 Å². The minimum absolute atomic E-state index is 0.0456. The highest BCUT2D eigenvalue weighted by Crippen LogP contribution is 2.45. The molecule has 1 atom stereocenters. The zero-order chi connectivity index (χ0) is 17.5. The monoisotopic (exact) mass is 341 g/mol. The molecule has 0 bridgehead atoms. The van der Waals surface area contributed by atoms with Crippen LogP contribution in [0, 0.1) is 11.8 Å². The summed E-state index contributed by atoms with van der Waals surface area (Å²) >= 11 is 0. The second-order valence-corrected chi connectivity index (χ2v) is 5.51. The summed E-state index contributed by atoms with van der Waals surface area (Å²) in [6.07, 6.45) is -8.10. The number of hydrogen-bond donors (Lipinski definition) is 1. The smallest absolute Gasteiger partial charge is 0.381 e. The molecule has 1 aromatic carbocycles. The van der Waals surface area contributed by atoms with Gasteiger partial charge in [0.05, 0.1) is 17.0 Å². The van der Waals surface area contributed by atoms with E-state index < -0.39 is 35.9 Å². The Morgan fingerprint density at radius 1 is 1.12 bits per heavy atom. The number of nitrogens with zero attached hydrogens (tertiary/aromatic N) is 1. The summed E-state index contributed by atoms with van der Waals surface area (Å²) in [4.78, 5) is 0. The maximum absolute atomic E-state index is 13.6. The molecule has 1 aromatic heterocycles. The highest BCUT2D eigenvalue weighted by Gasteiger charge is 2.49. The molecule has 24 heavy (non-hydrogen) atoms. The van der Waals surface area contributed by atoms with Crippen LogP contribution in [-0.4, -0.2) is 15.6 Å². The Balaban J connectivity index is 2.12. The van der Waals surface area contributed by atoms with E-state index in [2.05, 4.69) is 11.8 Å². The van der Waals surface area contributed by atoms with Crippen LogP contribution in [0.2, 0.25) is 0 Å². The number of rotatable bonds is 0. The molecule has 126 valence electrons. The van der Waals surface area contributed by atoms with Crippen LogP contribution in [0.5, 0.6) is 0 Å². The van der Waals surface area contributed by atoms with Crippen molar-refractivity contribution >= 4 is 0 Å². The van der Waals surface area contributed by atoms with Gasteiger partial charge in [0.1, 0.15) is 0 Å². The average molecular weight is 341 g/mol. The molecule has 2 heterocycles. The van der Waals surface area contributed by atoms with Gasteiger partial charge < -0.3 is 9.67 Å². The van der Waals surface area contributed by atoms with E-state index in [-0.39, 0.29) is 12.2 Å². The Morgan fingerprint density at radius 2 is 1.79 bits per heavy atom. The van der Waals surface area contributed by atoms with Gasteiger partial charge in [-0.3, -0.25) is 0 Å². The molecule has 0 amide bonds. The first-order valence-electron chi connectivity index (χ1n) is 7.14. The molecule has 0 fully saturated rings. The highest BCUT2D eigenvalue weighted by molar-refractivity contribution is 5.46. The minimum Gasteiger partial charge on any atom is -0.381 e. The maximum atomic E-state index is 13.6. The van der Waals surface area contributed by atoms with Gasteiger partial charge in [0.2, 0.25) is 0 Å². The quantitative estimate of drug-likeness (QED) is 0.569. The summed E-state index contributed by atoms with van der Waals surface area (Å²) in [6, 6.07) is 9.30. The molecule has 3 rings (SSSR count). The first-order valence-corrected chi connectivity index (χ1v) is 7.14. The van der Waals surface area contributed by atoms with E-state index in [4.69, 9.17) is 0 Å². The second kappa shape index (κ2) is 5.64. The second-order valence-electron chi connectivity index (χ2n) is 5.51. The van der Waals surface area contributed by atoms with Gasteiger partial charge in [-0.05, 0) is 24.1 Å². The van der Waals surface area contributed by atoms with E-state index >= 15 is 0 Å². The van der Waals surface area contributed by atoms with E-state index in [0.29, 0.717) is 5.56 Å². The average Bonchev–Trinajstić information content (AvgIpc) is 2.89. The number of aliphatic hydroxyl groups is 1. The van der Waals surface area contributed by atoms with Crippen LogP contribution in [0.4, 0.5) is 22.0 Å². The lowest BCUT2D eigenvalue weighted by atomic mass is 9.99. The number of halogens is 5. The molecule has 1 aliphatic rings. The molecule has 2 aromatic rings. The van der Waals surface area contributed by atoms with Crippen molar-refractivity contribution in [3.8, 4) is 11.8 Å². The van der Waals surface area contributed by atoms with Crippen molar-refractivity contribution in [2.75, 3.05) is 0 Å². The SMILES string of the molecule is OC1c2c(C(F)(F)F)cc(C#Cc3ccccc3)n2CCC1(F)F. The Hall–Kier alpha value is -2.33. The van der Waals surface area contributed by atoms with Crippen LogP contribution in [0.3, 0.4) is 0 Å². The first kappa shape index (κ1) is 16.5. The van der Waals surface area contributed by atoms with E-state index in [9.17, 15) is 27.1 Å². The van der Waals surface area contributed by atoms with Crippen LogP contribution in [0.1, 0.15) is 35.0 Å². The standard InChI is InChI=1S/C17H12F5NO/c18-16(19)8-9-23-12(7-6-11-4-2-1-3-5-11)10-13(17(20,21)22)14(23)15(16)24/h1-5,10,15,24H,8-9H2.